The maximum absolute atomic E-state index is 4.33. The molecule has 0 aliphatic rings. The molecule has 0 aliphatic heterocycles. The lowest BCUT2D eigenvalue weighted by atomic mass is 10.1. The predicted molar refractivity (Wildman–Crippen MR) is 71.4 cm³/mol. The Hall–Kier alpha value is -0.740. The molecule has 4 heteroatoms. The minimum Gasteiger partial charge on any atom is -0.226 e. The van der Waals surface area contributed by atoms with Crippen molar-refractivity contribution >= 4 is 31.9 Å². The number of hydrogen-bond donors (Lipinski definition) is 0. The minimum absolute atomic E-state index is 0.748. The van der Waals surface area contributed by atoms with E-state index in [1.54, 1.807) is 0 Å². The van der Waals surface area contributed by atoms with E-state index in [-0.39, 0.29) is 0 Å². The number of halogens is 2. The summed E-state index contributed by atoms with van der Waals surface area (Å²) >= 11 is 6.71. The van der Waals surface area contributed by atoms with Crippen molar-refractivity contribution in [1.82, 2.24) is 9.97 Å². The second-order valence-corrected chi connectivity index (χ2v) is 5.22. The largest absolute Gasteiger partial charge is 0.226 e. The topological polar surface area (TPSA) is 25.8 Å². The Labute approximate surface area is 111 Å². The molecule has 2 nitrogen and oxygen atoms in total. The van der Waals surface area contributed by atoms with Crippen molar-refractivity contribution < 1.29 is 0 Å². The number of hydrogen-bond acceptors (Lipinski definition) is 2. The first-order chi connectivity index (χ1) is 7.63. The summed E-state index contributed by atoms with van der Waals surface area (Å²) in [6.07, 6.45) is 0.748. The van der Waals surface area contributed by atoms with Crippen LogP contribution in [-0.2, 0) is 6.42 Å². The van der Waals surface area contributed by atoms with Gasteiger partial charge in [-0.2, -0.15) is 0 Å². The zero-order valence-corrected chi connectivity index (χ0v) is 11.9. The second-order valence-electron chi connectivity index (χ2n) is 3.59. The third-order valence-electron chi connectivity index (χ3n) is 2.19. The van der Waals surface area contributed by atoms with E-state index in [0.29, 0.717) is 0 Å². The molecule has 2 aromatic rings. The van der Waals surface area contributed by atoms with Gasteiger partial charge >= 0.3 is 0 Å². The first kappa shape index (κ1) is 11.7. The number of nitrogens with zero attached hydrogens (tertiary/aromatic N) is 2. The predicted octanol–water partition coefficient (Wildman–Crippen LogP) is 3.90. The Kier molecular flexibility index (Phi) is 3.71. The molecular formula is C12H10Br2N2. The van der Waals surface area contributed by atoms with Gasteiger partial charge in [0.25, 0.3) is 0 Å². The van der Waals surface area contributed by atoms with Crippen molar-refractivity contribution in [1.29, 1.82) is 0 Å². The zero-order valence-electron chi connectivity index (χ0n) is 8.74. The van der Waals surface area contributed by atoms with Gasteiger partial charge < -0.3 is 0 Å². The molecule has 82 valence electrons. The summed E-state index contributed by atoms with van der Waals surface area (Å²) in [5, 5.41) is 0. The normalized spacial score (nSPS) is 10.4. The molecule has 0 unspecified atom stereocenters. The van der Waals surface area contributed by atoms with Crippen LogP contribution in [0.5, 0.6) is 0 Å². The van der Waals surface area contributed by atoms with E-state index in [2.05, 4.69) is 73.0 Å². The number of aryl methyl sites for hydroxylation is 1. The molecule has 0 fully saturated rings. The third-order valence-corrected chi connectivity index (χ3v) is 3.01. The Morgan fingerprint density at radius 2 is 1.56 bits per heavy atom. The smallest absolute Gasteiger partial charge is 0.135 e. The summed E-state index contributed by atoms with van der Waals surface area (Å²) in [6.45, 7) is 2.08. The highest BCUT2D eigenvalue weighted by molar-refractivity contribution is 9.11. The molecule has 1 heterocycles. The fraction of sp³-hybridized carbons (Fsp3) is 0.167. The van der Waals surface area contributed by atoms with Gasteiger partial charge in [0.15, 0.2) is 0 Å². The van der Waals surface area contributed by atoms with Crippen molar-refractivity contribution in [2.75, 3.05) is 0 Å². The van der Waals surface area contributed by atoms with Crippen LogP contribution in [0.15, 0.2) is 39.5 Å². The maximum atomic E-state index is 4.33. The lowest BCUT2D eigenvalue weighted by molar-refractivity contribution is 0.941. The van der Waals surface area contributed by atoms with Crippen LogP contribution in [0.3, 0.4) is 0 Å². The van der Waals surface area contributed by atoms with Crippen LogP contribution in [0.4, 0.5) is 0 Å². The highest BCUT2D eigenvalue weighted by Gasteiger charge is 2.02. The number of benzene rings is 1. The lowest BCUT2D eigenvalue weighted by Crippen LogP contribution is -1.97. The lowest BCUT2D eigenvalue weighted by Gasteiger charge is -2.02. The maximum Gasteiger partial charge on any atom is 0.135 e. The number of aromatic nitrogens is 2. The fourth-order valence-electron chi connectivity index (χ4n) is 1.40. The number of rotatable bonds is 2. The minimum atomic E-state index is 0.748. The molecule has 0 saturated heterocycles. The monoisotopic (exact) mass is 340 g/mol. The molecule has 0 radical (unpaired) electrons. The van der Waals surface area contributed by atoms with Crippen LogP contribution in [0.2, 0.25) is 0 Å². The molecule has 16 heavy (non-hydrogen) atoms. The van der Waals surface area contributed by atoms with Crippen LogP contribution in [0, 0.1) is 6.92 Å². The summed E-state index contributed by atoms with van der Waals surface area (Å²) < 4.78 is 1.60. The first-order valence-electron chi connectivity index (χ1n) is 4.88. The molecule has 0 spiro atoms. The Balaban J connectivity index is 2.23. The van der Waals surface area contributed by atoms with Crippen molar-refractivity contribution in [3.63, 3.8) is 0 Å². The van der Waals surface area contributed by atoms with E-state index in [1.165, 1.54) is 11.1 Å². The van der Waals surface area contributed by atoms with E-state index < -0.39 is 0 Å². The van der Waals surface area contributed by atoms with Crippen LogP contribution < -0.4 is 0 Å². The molecule has 2 rings (SSSR count). The van der Waals surface area contributed by atoms with Gasteiger partial charge in [0.1, 0.15) is 15.0 Å². The summed E-state index contributed by atoms with van der Waals surface area (Å²) in [6, 6.07) is 10.2. The highest BCUT2D eigenvalue weighted by atomic mass is 79.9. The summed E-state index contributed by atoms with van der Waals surface area (Å²) in [4.78, 5) is 8.65. The van der Waals surface area contributed by atoms with Gasteiger partial charge in [-0.1, -0.05) is 29.8 Å². The molecule has 0 bridgehead atoms. The Morgan fingerprint density at radius 1 is 1.00 bits per heavy atom. The quantitative estimate of drug-likeness (QED) is 0.774. The van der Waals surface area contributed by atoms with E-state index in [9.17, 15) is 0 Å². The molecule has 0 amide bonds. The highest BCUT2D eigenvalue weighted by Crippen LogP contribution is 2.15. The van der Waals surface area contributed by atoms with E-state index >= 15 is 0 Å². The first-order valence-corrected chi connectivity index (χ1v) is 6.46. The second kappa shape index (κ2) is 5.06. The third kappa shape index (κ3) is 3.12. The molecule has 0 saturated carbocycles. The average Bonchev–Trinajstić information content (AvgIpc) is 2.20. The molecule has 1 aromatic heterocycles. The van der Waals surface area contributed by atoms with Gasteiger partial charge in [0.2, 0.25) is 0 Å². The van der Waals surface area contributed by atoms with Gasteiger partial charge in [0.05, 0.1) is 0 Å². The Bertz CT molecular complexity index is 475. The summed E-state index contributed by atoms with van der Waals surface area (Å²) in [5.41, 5.74) is 2.48. The van der Waals surface area contributed by atoms with Crippen molar-refractivity contribution in [3.8, 4) is 0 Å². The van der Waals surface area contributed by atoms with Crippen LogP contribution >= 0.6 is 31.9 Å². The van der Waals surface area contributed by atoms with Crippen LogP contribution in [-0.4, -0.2) is 9.97 Å². The van der Waals surface area contributed by atoms with Crippen LogP contribution in [0.25, 0.3) is 0 Å². The molecule has 0 aliphatic carbocycles. The van der Waals surface area contributed by atoms with Gasteiger partial charge in [-0.05, 0) is 44.3 Å². The SMILES string of the molecule is Cc1ccc(Cc2nc(Br)cc(Br)n2)cc1. The van der Waals surface area contributed by atoms with Crippen LogP contribution in [0.1, 0.15) is 17.0 Å². The van der Waals surface area contributed by atoms with Gasteiger partial charge in [-0.3, -0.25) is 0 Å². The van der Waals surface area contributed by atoms with Gasteiger partial charge in [0, 0.05) is 12.5 Å². The summed E-state index contributed by atoms with van der Waals surface area (Å²) in [7, 11) is 0. The Morgan fingerprint density at radius 3 is 2.12 bits per heavy atom. The van der Waals surface area contributed by atoms with E-state index in [4.69, 9.17) is 0 Å². The average molecular weight is 342 g/mol. The standard InChI is InChI=1S/C12H10Br2N2/c1-8-2-4-9(5-3-8)6-12-15-10(13)7-11(14)16-12/h2-5,7H,6H2,1H3. The molecule has 1 aromatic carbocycles. The van der Waals surface area contributed by atoms with Gasteiger partial charge in [-0.25, -0.2) is 9.97 Å². The van der Waals surface area contributed by atoms with E-state index in [1.807, 2.05) is 6.07 Å². The van der Waals surface area contributed by atoms with Crippen molar-refractivity contribution in [2.24, 2.45) is 0 Å². The molecule has 0 N–H and O–H groups in total. The van der Waals surface area contributed by atoms with Crippen molar-refractivity contribution in [2.45, 2.75) is 13.3 Å². The summed E-state index contributed by atoms with van der Waals surface area (Å²) in [5.74, 6) is 0.810. The molecule has 0 atom stereocenters. The molecular weight excluding hydrogens is 332 g/mol. The zero-order chi connectivity index (χ0) is 11.5. The van der Waals surface area contributed by atoms with Gasteiger partial charge in [-0.15, -0.1) is 0 Å². The van der Waals surface area contributed by atoms with Crippen molar-refractivity contribution in [3.05, 3.63) is 56.5 Å². The fourth-order valence-corrected chi connectivity index (χ4v) is 2.55. The van der Waals surface area contributed by atoms with E-state index in [0.717, 1.165) is 21.5 Å².